The van der Waals surface area contributed by atoms with E-state index in [1.54, 1.807) is 7.11 Å². The first-order valence-electron chi connectivity index (χ1n) is 8.28. The minimum atomic E-state index is 0. The molecule has 0 amide bonds. The van der Waals surface area contributed by atoms with Gasteiger partial charge in [0.15, 0.2) is 5.96 Å². The van der Waals surface area contributed by atoms with Crippen LogP contribution in [0, 0.1) is 5.92 Å². The standard InChI is InChI=1S/C18H29N3OS.HI/c1-14(2)17-12-21(9-10-23-17)18(19-3)20-11-15-5-7-16(8-6-15)13-22-4;/h5-8,14,17H,9-13H2,1-4H3,(H,19,20);1H. The maximum absolute atomic E-state index is 5.15. The smallest absolute Gasteiger partial charge is 0.193 e. The molecule has 0 bridgehead atoms. The number of halogens is 1. The third-order valence-corrected chi connectivity index (χ3v) is 5.67. The first kappa shape index (κ1) is 21.6. The second kappa shape index (κ2) is 11.2. The average molecular weight is 463 g/mol. The lowest BCUT2D eigenvalue weighted by Gasteiger charge is -2.36. The largest absolute Gasteiger partial charge is 0.380 e. The summed E-state index contributed by atoms with van der Waals surface area (Å²) in [6.45, 7) is 8.22. The van der Waals surface area contributed by atoms with E-state index in [9.17, 15) is 0 Å². The molecule has 1 unspecified atom stereocenters. The predicted octanol–water partition coefficient (Wildman–Crippen LogP) is 3.60. The third kappa shape index (κ3) is 6.44. The second-order valence-corrected chi connectivity index (χ2v) is 7.60. The highest BCUT2D eigenvalue weighted by molar-refractivity contribution is 14.0. The second-order valence-electron chi connectivity index (χ2n) is 6.25. The van der Waals surface area contributed by atoms with E-state index in [2.05, 4.69) is 65.1 Å². The maximum Gasteiger partial charge on any atom is 0.193 e. The number of nitrogens with zero attached hydrogens (tertiary/aromatic N) is 2. The van der Waals surface area contributed by atoms with Gasteiger partial charge < -0.3 is 15.0 Å². The molecule has 1 fully saturated rings. The summed E-state index contributed by atoms with van der Waals surface area (Å²) in [5.41, 5.74) is 2.46. The molecule has 0 aromatic heterocycles. The highest BCUT2D eigenvalue weighted by Crippen LogP contribution is 2.24. The minimum Gasteiger partial charge on any atom is -0.380 e. The molecule has 4 nitrogen and oxygen atoms in total. The number of aliphatic imine (C=N–C) groups is 1. The Hall–Kier alpha value is -0.470. The number of ether oxygens (including phenoxy) is 1. The molecule has 2 rings (SSSR count). The molecule has 1 aromatic carbocycles. The Kier molecular flexibility index (Phi) is 10.1. The molecule has 0 radical (unpaired) electrons. The Morgan fingerprint density at radius 3 is 2.58 bits per heavy atom. The van der Waals surface area contributed by atoms with Crippen molar-refractivity contribution in [2.24, 2.45) is 10.9 Å². The molecule has 136 valence electrons. The van der Waals surface area contributed by atoms with Crippen LogP contribution in [0.15, 0.2) is 29.3 Å². The molecule has 0 aliphatic carbocycles. The van der Waals surface area contributed by atoms with Crippen LogP contribution in [-0.4, -0.2) is 49.1 Å². The lowest BCUT2D eigenvalue weighted by atomic mass is 10.1. The molecule has 1 saturated heterocycles. The summed E-state index contributed by atoms with van der Waals surface area (Å²) >= 11 is 2.09. The molecule has 6 heteroatoms. The number of methoxy groups -OCH3 is 1. The molecular formula is C18H30IN3OS. The molecule has 1 atom stereocenters. The fourth-order valence-corrected chi connectivity index (χ4v) is 4.00. The first-order chi connectivity index (χ1) is 11.1. The van der Waals surface area contributed by atoms with Crippen molar-refractivity contribution < 1.29 is 4.74 Å². The Morgan fingerprint density at radius 1 is 1.33 bits per heavy atom. The van der Waals surface area contributed by atoms with Crippen molar-refractivity contribution in [2.45, 2.75) is 32.2 Å². The van der Waals surface area contributed by atoms with Gasteiger partial charge in [-0.05, 0) is 17.0 Å². The predicted molar refractivity (Wildman–Crippen MR) is 115 cm³/mol. The van der Waals surface area contributed by atoms with Gasteiger partial charge in [0.05, 0.1) is 6.61 Å². The molecule has 24 heavy (non-hydrogen) atoms. The highest BCUT2D eigenvalue weighted by atomic mass is 127. The van der Waals surface area contributed by atoms with E-state index in [0.29, 0.717) is 17.8 Å². The van der Waals surface area contributed by atoms with Crippen LogP contribution in [0.3, 0.4) is 0 Å². The van der Waals surface area contributed by atoms with E-state index >= 15 is 0 Å². The molecule has 1 aromatic rings. The van der Waals surface area contributed by atoms with Gasteiger partial charge in [0.1, 0.15) is 0 Å². The van der Waals surface area contributed by atoms with Crippen molar-refractivity contribution in [3.05, 3.63) is 35.4 Å². The monoisotopic (exact) mass is 463 g/mol. The van der Waals surface area contributed by atoms with E-state index in [0.717, 1.165) is 25.6 Å². The lowest BCUT2D eigenvalue weighted by molar-refractivity contribution is 0.185. The molecular weight excluding hydrogens is 433 g/mol. The molecule has 1 N–H and O–H groups in total. The van der Waals surface area contributed by atoms with Gasteiger partial charge in [-0.3, -0.25) is 4.99 Å². The zero-order chi connectivity index (χ0) is 16.7. The normalized spacial score (nSPS) is 18.5. The quantitative estimate of drug-likeness (QED) is 0.412. The molecule has 0 saturated carbocycles. The van der Waals surface area contributed by atoms with Crippen LogP contribution < -0.4 is 5.32 Å². The van der Waals surface area contributed by atoms with Gasteiger partial charge >= 0.3 is 0 Å². The van der Waals surface area contributed by atoms with Crippen molar-refractivity contribution in [3.8, 4) is 0 Å². The summed E-state index contributed by atoms with van der Waals surface area (Å²) in [7, 11) is 3.59. The van der Waals surface area contributed by atoms with Crippen LogP contribution in [0.5, 0.6) is 0 Å². The summed E-state index contributed by atoms with van der Waals surface area (Å²) in [6, 6.07) is 8.54. The summed E-state index contributed by atoms with van der Waals surface area (Å²) in [6.07, 6.45) is 0. The molecule has 1 heterocycles. The number of guanidine groups is 1. The van der Waals surface area contributed by atoms with Gasteiger partial charge in [-0.1, -0.05) is 38.1 Å². The van der Waals surface area contributed by atoms with Gasteiger partial charge in [-0.25, -0.2) is 0 Å². The highest BCUT2D eigenvalue weighted by Gasteiger charge is 2.24. The zero-order valence-corrected chi connectivity index (χ0v) is 18.3. The fraction of sp³-hybridized carbons (Fsp3) is 0.611. The van der Waals surface area contributed by atoms with Crippen molar-refractivity contribution >= 4 is 41.7 Å². The van der Waals surface area contributed by atoms with Gasteiger partial charge in [0.2, 0.25) is 0 Å². The Morgan fingerprint density at radius 2 is 2.00 bits per heavy atom. The fourth-order valence-electron chi connectivity index (χ4n) is 2.70. The van der Waals surface area contributed by atoms with Crippen molar-refractivity contribution in [1.29, 1.82) is 0 Å². The van der Waals surface area contributed by atoms with Crippen molar-refractivity contribution in [1.82, 2.24) is 10.2 Å². The summed E-state index contributed by atoms with van der Waals surface area (Å²) in [5, 5.41) is 4.19. The average Bonchev–Trinajstić information content (AvgIpc) is 2.57. The lowest BCUT2D eigenvalue weighted by Crippen LogP contribution is -2.48. The van der Waals surface area contributed by atoms with Gasteiger partial charge in [0, 0.05) is 44.8 Å². The third-order valence-electron chi connectivity index (χ3n) is 4.13. The van der Waals surface area contributed by atoms with Crippen LogP contribution in [-0.2, 0) is 17.9 Å². The minimum absolute atomic E-state index is 0. The number of nitrogens with one attached hydrogen (secondary N) is 1. The van der Waals surface area contributed by atoms with Gasteiger partial charge in [-0.2, -0.15) is 11.8 Å². The molecule has 0 spiro atoms. The van der Waals surface area contributed by atoms with E-state index < -0.39 is 0 Å². The zero-order valence-electron chi connectivity index (χ0n) is 15.1. The van der Waals surface area contributed by atoms with Gasteiger partial charge in [0.25, 0.3) is 0 Å². The van der Waals surface area contributed by atoms with Crippen LogP contribution in [0.2, 0.25) is 0 Å². The molecule has 1 aliphatic heterocycles. The van der Waals surface area contributed by atoms with Crippen molar-refractivity contribution in [2.75, 3.05) is 33.0 Å². The van der Waals surface area contributed by atoms with Crippen LogP contribution in [0.1, 0.15) is 25.0 Å². The summed E-state index contributed by atoms with van der Waals surface area (Å²) in [5.74, 6) is 2.89. The van der Waals surface area contributed by atoms with E-state index in [4.69, 9.17) is 4.74 Å². The molecule has 1 aliphatic rings. The maximum atomic E-state index is 5.15. The van der Waals surface area contributed by atoms with Crippen LogP contribution in [0.4, 0.5) is 0 Å². The number of benzene rings is 1. The van der Waals surface area contributed by atoms with Crippen LogP contribution in [0.25, 0.3) is 0 Å². The first-order valence-corrected chi connectivity index (χ1v) is 9.33. The number of hydrogen-bond acceptors (Lipinski definition) is 3. The Labute approximate surface area is 167 Å². The van der Waals surface area contributed by atoms with Crippen molar-refractivity contribution in [3.63, 3.8) is 0 Å². The number of rotatable bonds is 5. The van der Waals surface area contributed by atoms with E-state index in [1.807, 2.05) is 7.05 Å². The number of thioether (sulfide) groups is 1. The summed E-state index contributed by atoms with van der Waals surface area (Å²) in [4.78, 5) is 6.86. The van der Waals surface area contributed by atoms with E-state index in [1.165, 1.54) is 16.9 Å². The Bertz CT molecular complexity index is 507. The summed E-state index contributed by atoms with van der Waals surface area (Å²) < 4.78 is 5.15. The topological polar surface area (TPSA) is 36.9 Å². The Balaban J connectivity index is 0.00000288. The van der Waals surface area contributed by atoms with E-state index in [-0.39, 0.29) is 24.0 Å². The van der Waals surface area contributed by atoms with Gasteiger partial charge in [-0.15, -0.1) is 24.0 Å². The SMILES string of the molecule is CN=C(NCc1ccc(COC)cc1)N1CCSC(C(C)C)C1.I. The number of hydrogen-bond donors (Lipinski definition) is 1. The van der Waals surface area contributed by atoms with Crippen LogP contribution >= 0.6 is 35.7 Å².